The highest BCUT2D eigenvalue weighted by molar-refractivity contribution is 7.05. The first-order valence-corrected chi connectivity index (χ1v) is 12.2. The van der Waals surface area contributed by atoms with Crippen molar-refractivity contribution >= 4 is 29.2 Å². The van der Waals surface area contributed by atoms with Gasteiger partial charge >= 0.3 is 6.18 Å². The van der Waals surface area contributed by atoms with E-state index in [1.165, 1.54) is 39.2 Å². The van der Waals surface area contributed by atoms with Crippen molar-refractivity contribution in [3.63, 3.8) is 0 Å². The number of hydrogen-bond acceptors (Lipinski definition) is 7. The van der Waals surface area contributed by atoms with Gasteiger partial charge in [0.2, 0.25) is 0 Å². The van der Waals surface area contributed by atoms with Gasteiger partial charge in [0.05, 0.1) is 23.5 Å². The topological polar surface area (TPSA) is 135 Å². The van der Waals surface area contributed by atoms with Crippen molar-refractivity contribution in [3.8, 4) is 17.1 Å². The molecule has 0 spiro atoms. The van der Waals surface area contributed by atoms with Crippen LogP contribution in [0.5, 0.6) is 0 Å². The van der Waals surface area contributed by atoms with Gasteiger partial charge in [-0.25, -0.2) is 4.37 Å². The molecule has 0 saturated heterocycles. The molecule has 0 fully saturated rings. The fourth-order valence-electron chi connectivity index (χ4n) is 3.76. The van der Waals surface area contributed by atoms with E-state index in [9.17, 15) is 22.8 Å². The van der Waals surface area contributed by atoms with Crippen LogP contribution in [-0.4, -0.2) is 45.9 Å². The van der Waals surface area contributed by atoms with Crippen LogP contribution >= 0.6 is 11.5 Å². The number of anilines is 1. The van der Waals surface area contributed by atoms with Crippen molar-refractivity contribution in [3.05, 3.63) is 82.3 Å². The van der Waals surface area contributed by atoms with E-state index in [2.05, 4.69) is 35.4 Å². The number of aromatic amines is 1. The highest BCUT2D eigenvalue weighted by atomic mass is 32.1. The lowest BCUT2D eigenvalue weighted by atomic mass is 10.0. The molecule has 4 heterocycles. The van der Waals surface area contributed by atoms with Crippen molar-refractivity contribution in [2.75, 3.05) is 5.32 Å². The maximum absolute atomic E-state index is 13.7. The molecular formula is C24H20F3N9O2S. The van der Waals surface area contributed by atoms with Crippen LogP contribution in [0.15, 0.2) is 54.9 Å². The third-order valence-corrected chi connectivity index (χ3v) is 6.34. The molecule has 4 aromatic heterocycles. The number of carbonyl (C=O) groups excluding carboxylic acids is 2. The lowest BCUT2D eigenvalue weighted by Crippen LogP contribution is -2.23. The van der Waals surface area contributed by atoms with E-state index in [0.717, 1.165) is 23.1 Å². The van der Waals surface area contributed by atoms with Crippen LogP contribution in [0.25, 0.3) is 17.1 Å². The molecule has 2 amide bonds. The van der Waals surface area contributed by atoms with Gasteiger partial charge in [0.25, 0.3) is 11.8 Å². The summed E-state index contributed by atoms with van der Waals surface area (Å²) < 4.78 is 47.7. The van der Waals surface area contributed by atoms with E-state index in [-0.39, 0.29) is 34.9 Å². The standard InChI is InChI=1S/C24H20F3N9O2S/c1-13-9-21(32-31-13)36-20(11-19(34-36)23(38)28-12-15-5-7-29-39-15)30-22(37)14-3-4-17(24(25,26)27)16(10-14)18-6-8-35(2)33-18/h3-11H,12H2,1-2H3,(H,28,38)(H,30,37)(H,31,32). The van der Waals surface area contributed by atoms with E-state index in [0.29, 0.717) is 11.5 Å². The number of nitrogens with one attached hydrogen (secondary N) is 3. The third kappa shape index (κ3) is 5.57. The molecule has 0 aliphatic heterocycles. The highest BCUT2D eigenvalue weighted by Gasteiger charge is 2.34. The Morgan fingerprint density at radius 2 is 1.90 bits per heavy atom. The number of halogens is 3. The van der Waals surface area contributed by atoms with Gasteiger partial charge < -0.3 is 10.6 Å². The molecule has 0 bridgehead atoms. The van der Waals surface area contributed by atoms with Gasteiger partial charge in [0.15, 0.2) is 11.5 Å². The first kappa shape index (κ1) is 25.8. The molecule has 0 atom stereocenters. The van der Waals surface area contributed by atoms with E-state index in [1.807, 2.05) is 0 Å². The number of nitrogens with zero attached hydrogens (tertiary/aromatic N) is 6. The average Bonchev–Trinajstić information content (AvgIpc) is 3.70. The molecule has 39 heavy (non-hydrogen) atoms. The lowest BCUT2D eigenvalue weighted by Gasteiger charge is -2.13. The van der Waals surface area contributed by atoms with Crippen LogP contribution in [0, 0.1) is 6.92 Å². The molecular weight excluding hydrogens is 535 g/mol. The summed E-state index contributed by atoms with van der Waals surface area (Å²) in [6, 6.07) is 9.26. The monoisotopic (exact) mass is 555 g/mol. The van der Waals surface area contributed by atoms with Gasteiger partial charge in [-0.1, -0.05) is 0 Å². The first-order chi connectivity index (χ1) is 18.6. The fourth-order valence-corrected chi connectivity index (χ4v) is 4.28. The van der Waals surface area contributed by atoms with Crippen molar-refractivity contribution in [1.29, 1.82) is 0 Å². The Hall–Kier alpha value is -4.79. The van der Waals surface area contributed by atoms with Crippen LogP contribution in [-0.2, 0) is 19.8 Å². The van der Waals surface area contributed by atoms with Crippen LogP contribution in [0.3, 0.4) is 0 Å². The number of alkyl halides is 3. The molecule has 15 heteroatoms. The second-order valence-electron chi connectivity index (χ2n) is 8.47. The molecule has 5 rings (SSSR count). The predicted molar refractivity (Wildman–Crippen MR) is 135 cm³/mol. The summed E-state index contributed by atoms with van der Waals surface area (Å²) in [6.07, 6.45) is -1.52. The molecule has 0 aliphatic carbocycles. The number of carbonyl (C=O) groups is 2. The zero-order valence-corrected chi connectivity index (χ0v) is 21.3. The Balaban J connectivity index is 1.46. The molecule has 0 aliphatic rings. The fraction of sp³-hybridized carbons (Fsp3) is 0.167. The van der Waals surface area contributed by atoms with Crippen molar-refractivity contribution in [2.45, 2.75) is 19.6 Å². The van der Waals surface area contributed by atoms with E-state index in [1.54, 1.807) is 32.3 Å². The van der Waals surface area contributed by atoms with Gasteiger partial charge in [-0.2, -0.15) is 33.1 Å². The summed E-state index contributed by atoms with van der Waals surface area (Å²) in [6.45, 7) is 1.98. The Bertz CT molecular complexity index is 1650. The Morgan fingerprint density at radius 1 is 1.08 bits per heavy atom. The molecule has 1 aromatic carbocycles. The number of aromatic nitrogens is 7. The summed E-state index contributed by atoms with van der Waals surface area (Å²) in [7, 11) is 1.58. The minimum absolute atomic E-state index is 0.00339. The summed E-state index contributed by atoms with van der Waals surface area (Å²) in [4.78, 5) is 26.8. The number of hydrogen-bond donors (Lipinski definition) is 3. The Labute approximate surface area is 222 Å². The third-order valence-electron chi connectivity index (χ3n) is 5.60. The number of aryl methyl sites for hydroxylation is 2. The maximum Gasteiger partial charge on any atom is 0.417 e. The van der Waals surface area contributed by atoms with E-state index in [4.69, 9.17) is 0 Å². The second kappa shape index (κ2) is 10.2. The summed E-state index contributed by atoms with van der Waals surface area (Å²) in [5.41, 5.74) is -0.502. The lowest BCUT2D eigenvalue weighted by molar-refractivity contribution is -0.137. The predicted octanol–water partition coefficient (Wildman–Crippen LogP) is 3.96. The first-order valence-electron chi connectivity index (χ1n) is 11.4. The zero-order valence-electron chi connectivity index (χ0n) is 20.4. The summed E-state index contributed by atoms with van der Waals surface area (Å²) >= 11 is 1.24. The minimum atomic E-state index is -4.65. The second-order valence-corrected chi connectivity index (χ2v) is 9.39. The zero-order chi connectivity index (χ0) is 27.7. The normalized spacial score (nSPS) is 11.5. The maximum atomic E-state index is 13.7. The number of amides is 2. The molecule has 0 unspecified atom stereocenters. The SMILES string of the molecule is Cc1cc(-n2nc(C(=O)NCc3ccns3)cc2NC(=O)c2ccc(C(F)(F)F)c(-c3ccn(C)n3)c2)[nH]n1. The number of benzene rings is 1. The van der Waals surface area contributed by atoms with E-state index < -0.39 is 23.6 Å². The highest BCUT2D eigenvalue weighted by Crippen LogP contribution is 2.37. The average molecular weight is 556 g/mol. The molecule has 200 valence electrons. The number of H-pyrrole nitrogens is 1. The summed E-state index contributed by atoms with van der Waals surface area (Å²) in [5, 5.41) is 20.6. The largest absolute Gasteiger partial charge is 0.417 e. The molecule has 0 radical (unpaired) electrons. The van der Waals surface area contributed by atoms with Gasteiger partial charge in [-0.15, -0.1) is 0 Å². The minimum Gasteiger partial charge on any atom is -0.346 e. The van der Waals surface area contributed by atoms with Crippen molar-refractivity contribution < 1.29 is 22.8 Å². The van der Waals surface area contributed by atoms with Gasteiger partial charge in [-0.3, -0.25) is 19.4 Å². The van der Waals surface area contributed by atoms with Gasteiger partial charge in [-0.05, 0) is 48.8 Å². The van der Waals surface area contributed by atoms with Crippen molar-refractivity contribution in [2.24, 2.45) is 7.05 Å². The molecule has 0 saturated carbocycles. The van der Waals surface area contributed by atoms with Gasteiger partial charge in [0.1, 0.15) is 5.82 Å². The van der Waals surface area contributed by atoms with Crippen LogP contribution in [0.1, 0.15) is 37.0 Å². The van der Waals surface area contributed by atoms with Crippen molar-refractivity contribution in [1.82, 2.24) is 39.4 Å². The summed E-state index contributed by atoms with van der Waals surface area (Å²) in [5.74, 6) is -0.743. The molecule has 5 aromatic rings. The molecule has 11 nitrogen and oxygen atoms in total. The quantitative estimate of drug-likeness (QED) is 0.278. The Kier molecular flexibility index (Phi) is 6.74. The number of rotatable bonds is 7. The van der Waals surface area contributed by atoms with E-state index >= 15 is 0 Å². The van der Waals surface area contributed by atoms with Crippen LogP contribution in [0.2, 0.25) is 0 Å². The molecule has 3 N–H and O–H groups in total. The Morgan fingerprint density at radius 3 is 2.54 bits per heavy atom. The van der Waals surface area contributed by atoms with Crippen LogP contribution < -0.4 is 10.6 Å². The van der Waals surface area contributed by atoms with Crippen LogP contribution in [0.4, 0.5) is 19.0 Å². The van der Waals surface area contributed by atoms with Gasteiger partial charge in [0, 0.05) is 47.6 Å². The smallest absolute Gasteiger partial charge is 0.346 e.